The third-order valence-corrected chi connectivity index (χ3v) is 2.54. The standard InChI is InChI=1S/C10H9N5O2/c16-10(17)8-6-14-5-7(1-2-9(14)12-8)15-4-3-11-13-15/h1-2,5-6H,3-4H2,(H,16,17). The fraction of sp³-hybridized carbons (Fsp3) is 0.200. The van der Waals surface area contributed by atoms with Gasteiger partial charge in [0.25, 0.3) is 0 Å². The molecule has 2 aromatic rings. The summed E-state index contributed by atoms with van der Waals surface area (Å²) in [5, 5.41) is 18.5. The summed E-state index contributed by atoms with van der Waals surface area (Å²) in [6, 6.07) is 3.61. The maximum absolute atomic E-state index is 10.8. The van der Waals surface area contributed by atoms with Crippen LogP contribution in [0.5, 0.6) is 0 Å². The van der Waals surface area contributed by atoms with Crippen molar-refractivity contribution in [2.24, 2.45) is 10.3 Å². The summed E-state index contributed by atoms with van der Waals surface area (Å²) in [5.74, 6) is -1.03. The van der Waals surface area contributed by atoms with Crippen LogP contribution in [0, 0.1) is 0 Å². The van der Waals surface area contributed by atoms with E-state index in [2.05, 4.69) is 15.3 Å². The molecule has 86 valence electrons. The summed E-state index contributed by atoms with van der Waals surface area (Å²) in [6.07, 6.45) is 3.27. The van der Waals surface area contributed by atoms with Crippen molar-refractivity contribution < 1.29 is 9.90 Å². The number of nitrogens with zero attached hydrogens (tertiary/aromatic N) is 5. The van der Waals surface area contributed by atoms with E-state index in [0.29, 0.717) is 12.2 Å². The molecule has 0 spiro atoms. The average molecular weight is 231 g/mol. The van der Waals surface area contributed by atoms with E-state index in [9.17, 15) is 4.79 Å². The third-order valence-electron chi connectivity index (χ3n) is 2.54. The molecule has 0 unspecified atom stereocenters. The minimum absolute atomic E-state index is 0.0326. The van der Waals surface area contributed by atoms with E-state index in [1.54, 1.807) is 21.7 Å². The van der Waals surface area contributed by atoms with E-state index in [1.165, 1.54) is 6.20 Å². The van der Waals surface area contributed by atoms with Gasteiger partial charge in [0.15, 0.2) is 5.69 Å². The number of rotatable bonds is 2. The van der Waals surface area contributed by atoms with E-state index in [0.717, 1.165) is 12.2 Å². The van der Waals surface area contributed by atoms with E-state index < -0.39 is 5.97 Å². The fourth-order valence-electron chi connectivity index (χ4n) is 1.72. The highest BCUT2D eigenvalue weighted by Gasteiger charge is 2.12. The molecular formula is C10H9N5O2. The lowest BCUT2D eigenvalue weighted by Gasteiger charge is -2.11. The van der Waals surface area contributed by atoms with Crippen LogP contribution in [0.15, 0.2) is 34.9 Å². The van der Waals surface area contributed by atoms with Gasteiger partial charge in [-0.15, -0.1) is 0 Å². The smallest absolute Gasteiger partial charge is 0.356 e. The minimum Gasteiger partial charge on any atom is -0.476 e. The number of pyridine rings is 1. The summed E-state index contributed by atoms with van der Waals surface area (Å²) >= 11 is 0. The molecule has 1 aliphatic heterocycles. The van der Waals surface area contributed by atoms with E-state index in [-0.39, 0.29) is 5.69 Å². The molecule has 0 saturated carbocycles. The summed E-state index contributed by atoms with van der Waals surface area (Å²) in [5.41, 5.74) is 1.50. The van der Waals surface area contributed by atoms with Crippen molar-refractivity contribution >= 4 is 17.3 Å². The Morgan fingerprint density at radius 1 is 1.35 bits per heavy atom. The number of fused-ring (bicyclic) bond motifs is 1. The first kappa shape index (κ1) is 9.76. The summed E-state index contributed by atoms with van der Waals surface area (Å²) in [7, 11) is 0. The largest absolute Gasteiger partial charge is 0.476 e. The highest BCUT2D eigenvalue weighted by atomic mass is 16.4. The van der Waals surface area contributed by atoms with Crippen LogP contribution in [0.2, 0.25) is 0 Å². The van der Waals surface area contributed by atoms with Crippen LogP contribution in [-0.4, -0.2) is 33.6 Å². The van der Waals surface area contributed by atoms with Crippen LogP contribution in [0.4, 0.5) is 5.69 Å². The van der Waals surface area contributed by atoms with Crippen molar-refractivity contribution in [3.63, 3.8) is 0 Å². The third kappa shape index (κ3) is 1.61. The number of carboxylic acid groups (broad SMARTS) is 1. The molecule has 1 N–H and O–H groups in total. The molecule has 1 aliphatic rings. The number of hydrogen-bond donors (Lipinski definition) is 1. The van der Waals surface area contributed by atoms with Crippen LogP contribution in [-0.2, 0) is 0 Å². The molecule has 0 aromatic carbocycles. The predicted molar refractivity (Wildman–Crippen MR) is 59.2 cm³/mol. The zero-order chi connectivity index (χ0) is 11.8. The molecule has 3 heterocycles. The fourth-order valence-corrected chi connectivity index (χ4v) is 1.72. The number of anilines is 1. The second-order valence-electron chi connectivity index (χ2n) is 3.66. The number of hydrogen-bond acceptors (Lipinski definition) is 5. The Balaban J connectivity index is 2.06. The molecule has 17 heavy (non-hydrogen) atoms. The van der Waals surface area contributed by atoms with Crippen LogP contribution in [0.1, 0.15) is 10.5 Å². The molecule has 0 radical (unpaired) electrons. The molecule has 0 atom stereocenters. The number of carboxylic acids is 1. The van der Waals surface area contributed by atoms with Crippen LogP contribution in [0.3, 0.4) is 0 Å². The zero-order valence-electron chi connectivity index (χ0n) is 8.82. The molecule has 3 rings (SSSR count). The van der Waals surface area contributed by atoms with Gasteiger partial charge in [0.1, 0.15) is 5.65 Å². The second kappa shape index (κ2) is 3.55. The van der Waals surface area contributed by atoms with Gasteiger partial charge in [-0.2, -0.15) is 5.11 Å². The Labute approximate surface area is 96.0 Å². The van der Waals surface area contributed by atoms with E-state index in [4.69, 9.17) is 5.11 Å². The van der Waals surface area contributed by atoms with Gasteiger partial charge in [-0.3, -0.25) is 0 Å². The van der Waals surface area contributed by atoms with E-state index >= 15 is 0 Å². The van der Waals surface area contributed by atoms with Gasteiger partial charge in [-0.05, 0) is 12.1 Å². The molecule has 0 amide bonds. The number of carbonyl (C=O) groups is 1. The first-order chi connectivity index (χ1) is 8.24. The SMILES string of the molecule is O=C(O)c1cn2cc(N3CCN=N3)ccc2n1. The van der Waals surface area contributed by atoms with Gasteiger partial charge in [-0.1, -0.05) is 5.22 Å². The van der Waals surface area contributed by atoms with Crippen molar-refractivity contribution in [1.29, 1.82) is 0 Å². The first-order valence-corrected chi connectivity index (χ1v) is 5.11. The van der Waals surface area contributed by atoms with Gasteiger partial charge < -0.3 is 9.51 Å². The highest BCUT2D eigenvalue weighted by Crippen LogP contribution is 2.18. The predicted octanol–water partition coefficient (Wildman–Crippen LogP) is 1.22. The Bertz CT molecular complexity index is 618. The van der Waals surface area contributed by atoms with Crippen molar-refractivity contribution in [2.45, 2.75) is 0 Å². The molecular weight excluding hydrogens is 222 g/mol. The zero-order valence-corrected chi connectivity index (χ0v) is 8.82. The van der Waals surface area contributed by atoms with Crippen LogP contribution >= 0.6 is 0 Å². The Morgan fingerprint density at radius 3 is 2.94 bits per heavy atom. The van der Waals surface area contributed by atoms with E-state index in [1.807, 2.05) is 6.07 Å². The van der Waals surface area contributed by atoms with Crippen molar-refractivity contribution in [3.8, 4) is 0 Å². The van der Waals surface area contributed by atoms with Gasteiger partial charge in [-0.25, -0.2) is 14.8 Å². The second-order valence-corrected chi connectivity index (χ2v) is 3.66. The number of aromatic nitrogens is 2. The molecule has 7 heteroatoms. The molecule has 0 fully saturated rings. The molecule has 0 aliphatic carbocycles. The normalized spacial score (nSPS) is 14.7. The molecule has 7 nitrogen and oxygen atoms in total. The number of imidazole rings is 1. The quantitative estimate of drug-likeness (QED) is 0.842. The first-order valence-electron chi connectivity index (χ1n) is 5.11. The Morgan fingerprint density at radius 2 is 2.24 bits per heavy atom. The summed E-state index contributed by atoms with van der Waals surface area (Å²) in [4.78, 5) is 14.8. The van der Waals surface area contributed by atoms with Crippen molar-refractivity contribution in [2.75, 3.05) is 18.1 Å². The topological polar surface area (TPSA) is 82.6 Å². The molecule has 0 bridgehead atoms. The van der Waals surface area contributed by atoms with Gasteiger partial charge in [0, 0.05) is 12.4 Å². The maximum Gasteiger partial charge on any atom is 0.356 e. The lowest BCUT2D eigenvalue weighted by atomic mass is 10.4. The summed E-state index contributed by atoms with van der Waals surface area (Å²) < 4.78 is 1.67. The minimum atomic E-state index is -1.03. The van der Waals surface area contributed by atoms with Crippen molar-refractivity contribution in [1.82, 2.24) is 9.38 Å². The average Bonchev–Trinajstić information content (AvgIpc) is 2.97. The van der Waals surface area contributed by atoms with Gasteiger partial charge in [0.2, 0.25) is 0 Å². The Kier molecular flexibility index (Phi) is 2.04. The lowest BCUT2D eigenvalue weighted by molar-refractivity contribution is 0.0691. The van der Waals surface area contributed by atoms with Gasteiger partial charge >= 0.3 is 5.97 Å². The van der Waals surface area contributed by atoms with Gasteiger partial charge in [0.05, 0.1) is 18.8 Å². The molecule has 2 aromatic heterocycles. The number of aromatic carboxylic acids is 1. The van der Waals surface area contributed by atoms with Crippen LogP contribution < -0.4 is 5.01 Å². The highest BCUT2D eigenvalue weighted by molar-refractivity contribution is 5.86. The maximum atomic E-state index is 10.8. The monoisotopic (exact) mass is 231 g/mol. The molecule has 0 saturated heterocycles. The van der Waals surface area contributed by atoms with Crippen LogP contribution in [0.25, 0.3) is 5.65 Å². The Hall–Kier alpha value is -2.44. The lowest BCUT2D eigenvalue weighted by Crippen LogP contribution is -2.13. The van der Waals surface area contributed by atoms with Crippen molar-refractivity contribution in [3.05, 3.63) is 30.2 Å². The summed E-state index contributed by atoms with van der Waals surface area (Å²) in [6.45, 7) is 1.42.